The Morgan fingerprint density at radius 2 is 2.07 bits per heavy atom. The number of aryl methyl sites for hydroxylation is 1. The molecule has 1 aromatic heterocycles. The Kier molecular flexibility index (Phi) is 2.52. The minimum atomic E-state index is -0.140. The van der Waals surface area contributed by atoms with Crippen LogP contribution in [-0.4, -0.2) is 16.4 Å². The van der Waals surface area contributed by atoms with E-state index in [-0.39, 0.29) is 4.82 Å². The highest BCUT2D eigenvalue weighted by molar-refractivity contribution is 9.18. The molecule has 2 rings (SSSR count). The fourth-order valence-electron chi connectivity index (χ4n) is 1.68. The van der Waals surface area contributed by atoms with Gasteiger partial charge < -0.3 is 9.47 Å². The number of para-hydroxylation sites is 1. The summed E-state index contributed by atoms with van der Waals surface area (Å²) in [5, 5.41) is 1.08. The van der Waals surface area contributed by atoms with E-state index in [4.69, 9.17) is 0 Å². The molecule has 2 aromatic rings. The van der Waals surface area contributed by atoms with E-state index in [0.29, 0.717) is 0 Å². The first-order valence-corrected chi connectivity index (χ1v) is 5.38. The average Bonchev–Trinajstić information content (AvgIpc) is 2.56. The van der Waals surface area contributed by atoms with Crippen LogP contribution in [0.3, 0.4) is 0 Å². The standard InChI is InChI=1S/C11H11BrN2O/c1-13-7-10(14(2)11(12)15)8-5-3-4-6-9(8)13/h3-7H,1-2H3. The molecule has 0 aliphatic rings. The molecule has 0 saturated carbocycles. The highest BCUT2D eigenvalue weighted by Gasteiger charge is 2.13. The molecule has 78 valence electrons. The topological polar surface area (TPSA) is 25.2 Å². The number of benzene rings is 1. The van der Waals surface area contributed by atoms with E-state index < -0.39 is 0 Å². The maximum Gasteiger partial charge on any atom is 0.293 e. The molecule has 0 unspecified atom stereocenters. The third-order valence-corrected chi connectivity index (χ3v) is 3.03. The summed E-state index contributed by atoms with van der Waals surface area (Å²) in [6, 6.07) is 8.00. The molecule has 15 heavy (non-hydrogen) atoms. The van der Waals surface area contributed by atoms with E-state index in [1.54, 1.807) is 11.9 Å². The Labute approximate surface area is 96.4 Å². The van der Waals surface area contributed by atoms with Crippen LogP contribution in [0.15, 0.2) is 30.5 Å². The largest absolute Gasteiger partial charge is 0.348 e. The van der Waals surface area contributed by atoms with Crippen LogP contribution in [0, 0.1) is 0 Å². The number of amides is 1. The lowest BCUT2D eigenvalue weighted by molar-refractivity contribution is 0.267. The quantitative estimate of drug-likeness (QED) is 0.575. The molecule has 1 amide bonds. The van der Waals surface area contributed by atoms with Crippen LogP contribution in [-0.2, 0) is 7.05 Å². The Hall–Kier alpha value is -1.29. The minimum absolute atomic E-state index is 0.140. The first-order chi connectivity index (χ1) is 7.11. The number of carbonyl (C=O) groups is 1. The van der Waals surface area contributed by atoms with Gasteiger partial charge in [-0.25, -0.2) is 0 Å². The van der Waals surface area contributed by atoms with E-state index >= 15 is 0 Å². The van der Waals surface area contributed by atoms with Gasteiger partial charge in [0.1, 0.15) is 0 Å². The van der Waals surface area contributed by atoms with Crippen LogP contribution in [0.2, 0.25) is 0 Å². The number of halogens is 1. The van der Waals surface area contributed by atoms with E-state index in [9.17, 15) is 4.79 Å². The summed E-state index contributed by atoms with van der Waals surface area (Å²) in [6.07, 6.45) is 1.95. The molecule has 0 spiro atoms. The molecule has 1 heterocycles. The first kappa shape index (κ1) is 10.2. The summed E-state index contributed by atoms with van der Waals surface area (Å²) in [7, 11) is 3.72. The van der Waals surface area contributed by atoms with E-state index in [1.165, 1.54) is 0 Å². The van der Waals surface area contributed by atoms with Gasteiger partial charge in [0, 0.05) is 47.1 Å². The van der Waals surface area contributed by atoms with Crippen molar-refractivity contribution in [2.45, 2.75) is 0 Å². The van der Waals surface area contributed by atoms with Gasteiger partial charge in [-0.15, -0.1) is 0 Å². The Morgan fingerprint density at radius 3 is 2.73 bits per heavy atom. The highest BCUT2D eigenvalue weighted by Crippen LogP contribution is 2.28. The third-order valence-electron chi connectivity index (χ3n) is 2.50. The number of fused-ring (bicyclic) bond motifs is 1. The smallest absolute Gasteiger partial charge is 0.293 e. The number of aromatic nitrogens is 1. The summed E-state index contributed by atoms with van der Waals surface area (Å²) in [5.74, 6) is 0. The van der Waals surface area contributed by atoms with Crippen molar-refractivity contribution in [3.05, 3.63) is 30.5 Å². The molecule has 1 aromatic carbocycles. The van der Waals surface area contributed by atoms with Crippen LogP contribution in [0.1, 0.15) is 0 Å². The normalized spacial score (nSPS) is 10.6. The van der Waals surface area contributed by atoms with Gasteiger partial charge in [0.25, 0.3) is 4.82 Å². The van der Waals surface area contributed by atoms with Gasteiger partial charge in [-0.05, 0) is 6.07 Å². The van der Waals surface area contributed by atoms with E-state index in [2.05, 4.69) is 15.9 Å². The molecule has 3 nitrogen and oxygen atoms in total. The third kappa shape index (κ3) is 1.65. The highest BCUT2D eigenvalue weighted by atomic mass is 79.9. The number of hydrogen-bond donors (Lipinski definition) is 0. The summed E-state index contributed by atoms with van der Waals surface area (Å²) in [6.45, 7) is 0. The van der Waals surface area contributed by atoms with Crippen molar-refractivity contribution >= 4 is 37.3 Å². The lowest BCUT2D eigenvalue weighted by Gasteiger charge is -2.11. The molecule has 0 aliphatic heterocycles. The van der Waals surface area contributed by atoms with Crippen molar-refractivity contribution in [2.24, 2.45) is 7.05 Å². The maximum atomic E-state index is 11.2. The van der Waals surface area contributed by atoms with E-state index in [0.717, 1.165) is 16.6 Å². The van der Waals surface area contributed by atoms with Crippen molar-refractivity contribution in [1.29, 1.82) is 0 Å². The lowest BCUT2D eigenvalue weighted by Crippen LogP contribution is -2.18. The zero-order valence-corrected chi connectivity index (χ0v) is 10.2. The van der Waals surface area contributed by atoms with Crippen LogP contribution >= 0.6 is 15.9 Å². The summed E-state index contributed by atoms with van der Waals surface area (Å²) in [5.41, 5.74) is 2.03. The molecule has 0 bridgehead atoms. The minimum Gasteiger partial charge on any atom is -0.348 e. The molecule has 0 fully saturated rings. The zero-order chi connectivity index (χ0) is 11.0. The number of rotatable bonds is 1. The maximum absolute atomic E-state index is 11.2. The van der Waals surface area contributed by atoms with Gasteiger partial charge in [-0.1, -0.05) is 18.2 Å². The van der Waals surface area contributed by atoms with Crippen LogP contribution < -0.4 is 4.90 Å². The zero-order valence-electron chi connectivity index (χ0n) is 8.57. The Bertz CT molecular complexity index is 518. The van der Waals surface area contributed by atoms with Crippen LogP contribution in [0.5, 0.6) is 0 Å². The van der Waals surface area contributed by atoms with Gasteiger partial charge in [-0.2, -0.15) is 0 Å². The van der Waals surface area contributed by atoms with Crippen molar-refractivity contribution in [2.75, 3.05) is 11.9 Å². The summed E-state index contributed by atoms with van der Waals surface area (Å²) < 4.78 is 2.01. The molecule has 0 radical (unpaired) electrons. The Morgan fingerprint density at radius 1 is 1.40 bits per heavy atom. The first-order valence-electron chi connectivity index (χ1n) is 4.58. The van der Waals surface area contributed by atoms with Crippen molar-refractivity contribution < 1.29 is 4.79 Å². The van der Waals surface area contributed by atoms with Gasteiger partial charge in [0.15, 0.2) is 0 Å². The molecule has 4 heteroatoms. The lowest BCUT2D eigenvalue weighted by atomic mass is 10.2. The van der Waals surface area contributed by atoms with E-state index in [1.807, 2.05) is 42.1 Å². The molecule has 0 N–H and O–H groups in total. The Balaban J connectivity index is 2.67. The molecule has 0 aliphatic carbocycles. The summed E-state index contributed by atoms with van der Waals surface area (Å²) >= 11 is 2.95. The second-order valence-corrected chi connectivity index (χ2v) is 4.13. The SMILES string of the molecule is CN(C(=O)Br)c1cn(C)c2ccccc12. The van der Waals surface area contributed by atoms with Crippen molar-refractivity contribution in [1.82, 2.24) is 4.57 Å². The number of carbonyl (C=O) groups excluding carboxylic acids is 1. The fourth-order valence-corrected chi connectivity index (χ4v) is 1.87. The predicted octanol–water partition coefficient (Wildman–Crippen LogP) is 3.13. The second kappa shape index (κ2) is 3.70. The fraction of sp³-hybridized carbons (Fsp3) is 0.182. The van der Waals surface area contributed by atoms with Crippen LogP contribution in [0.4, 0.5) is 10.5 Å². The monoisotopic (exact) mass is 266 g/mol. The van der Waals surface area contributed by atoms with Crippen molar-refractivity contribution in [3.63, 3.8) is 0 Å². The van der Waals surface area contributed by atoms with Gasteiger partial charge >= 0.3 is 0 Å². The van der Waals surface area contributed by atoms with Gasteiger partial charge in [0.05, 0.1) is 5.69 Å². The second-order valence-electron chi connectivity index (χ2n) is 3.45. The number of hydrogen-bond acceptors (Lipinski definition) is 1. The number of anilines is 1. The summed E-state index contributed by atoms with van der Waals surface area (Å²) in [4.78, 5) is 12.7. The predicted molar refractivity (Wildman–Crippen MR) is 65.6 cm³/mol. The molecular weight excluding hydrogens is 256 g/mol. The molecular formula is C11H11BrN2O. The van der Waals surface area contributed by atoms with Gasteiger partial charge in [0.2, 0.25) is 0 Å². The van der Waals surface area contributed by atoms with Crippen LogP contribution in [0.25, 0.3) is 10.9 Å². The van der Waals surface area contributed by atoms with Crippen molar-refractivity contribution in [3.8, 4) is 0 Å². The number of nitrogens with zero attached hydrogens (tertiary/aromatic N) is 2. The average molecular weight is 267 g/mol. The molecule has 0 atom stereocenters. The molecule has 0 saturated heterocycles. The van der Waals surface area contributed by atoms with Gasteiger partial charge in [-0.3, -0.25) is 4.79 Å².